The number of allylic oxidation sites excluding steroid dienone is 2. The number of nitrogens with two attached hydrogens (primary N) is 1. The molecule has 7 heteroatoms. The lowest BCUT2D eigenvalue weighted by molar-refractivity contribution is 0.104. The number of ketones is 1. The van der Waals surface area contributed by atoms with Crippen LogP contribution >= 0.6 is 11.6 Å². The molecule has 1 saturated heterocycles. The maximum atomic E-state index is 12.1. The first-order valence-corrected chi connectivity index (χ1v) is 8.27. The summed E-state index contributed by atoms with van der Waals surface area (Å²) in [6.07, 6.45) is 2.94. The molecule has 1 aliphatic rings. The number of hydrogen-bond donors (Lipinski definition) is 4. The Kier molecular flexibility index (Phi) is 6.76. The molecular weight excluding hydrogens is 326 g/mol. The molecule has 1 aromatic carbocycles. The Balaban J connectivity index is 1.75. The molecule has 0 spiro atoms. The summed E-state index contributed by atoms with van der Waals surface area (Å²) >= 11 is 5.81. The normalized spacial score (nSPS) is 23.8. The molecule has 0 radical (unpaired) electrons. The first-order chi connectivity index (χ1) is 11.5. The van der Waals surface area contributed by atoms with Gasteiger partial charge in [0.25, 0.3) is 0 Å². The van der Waals surface area contributed by atoms with Gasteiger partial charge in [0.1, 0.15) is 0 Å². The fourth-order valence-corrected chi connectivity index (χ4v) is 2.73. The van der Waals surface area contributed by atoms with Crippen LogP contribution in [-0.2, 0) is 0 Å². The Bertz CT molecular complexity index is 637. The number of rotatable bonds is 7. The maximum Gasteiger partial charge on any atom is 0.187 e. The topological polar surface area (TPSA) is 103 Å². The van der Waals surface area contributed by atoms with Gasteiger partial charge in [0.15, 0.2) is 5.78 Å². The summed E-state index contributed by atoms with van der Waals surface area (Å²) in [5.74, 6) is -0.290. The van der Waals surface area contributed by atoms with E-state index in [1.807, 2.05) is 6.92 Å². The van der Waals surface area contributed by atoms with Gasteiger partial charge < -0.3 is 11.1 Å². The van der Waals surface area contributed by atoms with Gasteiger partial charge in [-0.05, 0) is 44.0 Å². The van der Waals surface area contributed by atoms with Gasteiger partial charge in [-0.2, -0.15) is 5.26 Å². The number of nitrogens with one attached hydrogen (secondary N) is 3. The van der Waals surface area contributed by atoms with E-state index in [4.69, 9.17) is 22.6 Å². The van der Waals surface area contributed by atoms with Crippen molar-refractivity contribution in [2.24, 2.45) is 11.7 Å². The lowest BCUT2D eigenvalue weighted by Crippen LogP contribution is -2.38. The summed E-state index contributed by atoms with van der Waals surface area (Å²) in [5, 5.41) is 12.9. The summed E-state index contributed by atoms with van der Waals surface area (Å²) in [5.41, 5.74) is 13.1. The van der Waals surface area contributed by atoms with E-state index in [1.165, 1.54) is 0 Å². The van der Waals surface area contributed by atoms with Crippen LogP contribution in [0.4, 0.5) is 0 Å². The highest BCUT2D eigenvalue weighted by Crippen LogP contribution is 2.15. The van der Waals surface area contributed by atoms with Gasteiger partial charge in [0.05, 0.1) is 18.2 Å². The van der Waals surface area contributed by atoms with Crippen molar-refractivity contribution in [3.05, 3.63) is 46.6 Å². The molecule has 5 N–H and O–H groups in total. The predicted molar refractivity (Wildman–Crippen MR) is 93.9 cm³/mol. The van der Waals surface area contributed by atoms with Gasteiger partial charge in [0.2, 0.25) is 0 Å². The average molecular weight is 348 g/mol. The molecule has 1 fully saturated rings. The number of nitriles is 1. The predicted octanol–water partition coefficient (Wildman–Crippen LogP) is 1.70. The molecule has 2 rings (SSSR count). The Morgan fingerprint density at radius 3 is 2.79 bits per heavy atom. The summed E-state index contributed by atoms with van der Waals surface area (Å²) in [6.45, 7) is 2.58. The van der Waals surface area contributed by atoms with Crippen LogP contribution in [0, 0.1) is 17.2 Å². The van der Waals surface area contributed by atoms with Crippen LogP contribution in [-0.4, -0.2) is 24.5 Å². The third-order valence-corrected chi connectivity index (χ3v) is 4.23. The number of halogens is 1. The van der Waals surface area contributed by atoms with Gasteiger partial charge in [-0.25, -0.2) is 5.43 Å². The van der Waals surface area contributed by atoms with Crippen LogP contribution in [0.3, 0.4) is 0 Å². The van der Waals surface area contributed by atoms with E-state index in [0.717, 1.165) is 25.1 Å². The molecule has 3 atom stereocenters. The van der Waals surface area contributed by atoms with Gasteiger partial charge in [-0.15, -0.1) is 0 Å². The summed E-state index contributed by atoms with van der Waals surface area (Å²) in [4.78, 5) is 12.1. The minimum absolute atomic E-state index is 0.0479. The lowest BCUT2D eigenvalue weighted by Gasteiger charge is -2.14. The quantitative estimate of drug-likeness (QED) is 0.340. The SMILES string of the molecule is C/C(=C\C(=O)c1ccc(Cl)cc1)NCCCC1NNC(N)C1C#N. The van der Waals surface area contributed by atoms with Crippen LogP contribution < -0.4 is 21.9 Å². The zero-order chi connectivity index (χ0) is 17.5. The molecule has 1 aliphatic heterocycles. The van der Waals surface area contributed by atoms with Crippen molar-refractivity contribution in [3.63, 3.8) is 0 Å². The molecule has 1 aromatic rings. The number of carbonyl (C=O) groups is 1. The monoisotopic (exact) mass is 347 g/mol. The summed E-state index contributed by atoms with van der Waals surface area (Å²) in [6, 6.07) is 9.08. The van der Waals surface area contributed by atoms with Crippen molar-refractivity contribution in [1.82, 2.24) is 16.2 Å². The zero-order valence-electron chi connectivity index (χ0n) is 13.6. The van der Waals surface area contributed by atoms with Gasteiger partial charge in [-0.3, -0.25) is 10.2 Å². The molecule has 128 valence electrons. The van der Waals surface area contributed by atoms with Crippen LogP contribution in [0.15, 0.2) is 36.0 Å². The number of nitrogens with zero attached hydrogens (tertiary/aromatic N) is 1. The third-order valence-electron chi connectivity index (χ3n) is 3.98. The van der Waals surface area contributed by atoms with Crippen molar-refractivity contribution < 1.29 is 4.79 Å². The molecule has 24 heavy (non-hydrogen) atoms. The highest BCUT2D eigenvalue weighted by molar-refractivity contribution is 6.30. The number of benzene rings is 1. The Labute approximate surface area is 147 Å². The average Bonchev–Trinajstić information content (AvgIpc) is 2.92. The first-order valence-electron chi connectivity index (χ1n) is 7.89. The second-order valence-electron chi connectivity index (χ2n) is 5.84. The van der Waals surface area contributed by atoms with Crippen LogP contribution in [0.5, 0.6) is 0 Å². The number of carbonyl (C=O) groups excluding carboxylic acids is 1. The van der Waals surface area contributed by atoms with Crippen molar-refractivity contribution in [3.8, 4) is 6.07 Å². The molecule has 1 heterocycles. The largest absolute Gasteiger partial charge is 0.388 e. The second-order valence-corrected chi connectivity index (χ2v) is 6.28. The van der Waals surface area contributed by atoms with E-state index in [-0.39, 0.29) is 23.9 Å². The highest BCUT2D eigenvalue weighted by atomic mass is 35.5. The minimum Gasteiger partial charge on any atom is -0.388 e. The van der Waals surface area contributed by atoms with Crippen LogP contribution in [0.25, 0.3) is 0 Å². The van der Waals surface area contributed by atoms with E-state index < -0.39 is 0 Å². The zero-order valence-corrected chi connectivity index (χ0v) is 14.3. The van der Waals surface area contributed by atoms with Crippen molar-refractivity contribution in [1.29, 1.82) is 5.26 Å². The first kappa shape index (κ1) is 18.4. The molecule has 0 aliphatic carbocycles. The summed E-state index contributed by atoms with van der Waals surface area (Å²) < 4.78 is 0. The second kappa shape index (κ2) is 8.81. The number of hydrazine groups is 1. The smallest absolute Gasteiger partial charge is 0.187 e. The fourth-order valence-electron chi connectivity index (χ4n) is 2.61. The molecular formula is C17H22ClN5O. The molecule has 0 amide bonds. The molecule has 6 nitrogen and oxygen atoms in total. The molecule has 0 saturated carbocycles. The maximum absolute atomic E-state index is 12.1. The van der Waals surface area contributed by atoms with E-state index in [0.29, 0.717) is 10.6 Å². The molecule has 0 aromatic heterocycles. The van der Waals surface area contributed by atoms with Crippen molar-refractivity contribution in [2.45, 2.75) is 32.0 Å². The Hall–Kier alpha value is -1.91. The van der Waals surface area contributed by atoms with Crippen LogP contribution in [0.2, 0.25) is 5.02 Å². The van der Waals surface area contributed by atoms with E-state index in [2.05, 4.69) is 22.2 Å². The van der Waals surface area contributed by atoms with Gasteiger partial charge >= 0.3 is 0 Å². The Morgan fingerprint density at radius 1 is 1.42 bits per heavy atom. The van der Waals surface area contributed by atoms with Crippen LogP contribution in [0.1, 0.15) is 30.1 Å². The van der Waals surface area contributed by atoms with Crippen molar-refractivity contribution >= 4 is 17.4 Å². The standard InChI is InChI=1S/C17H22ClN5O/c1-11(9-16(24)12-4-6-13(18)7-5-12)21-8-2-3-15-14(10-19)17(20)23-22-15/h4-7,9,14-15,17,21-23H,2-3,8,20H2,1H3/b11-9+. The minimum atomic E-state index is -0.327. The summed E-state index contributed by atoms with van der Waals surface area (Å²) in [7, 11) is 0. The molecule has 3 unspecified atom stereocenters. The highest BCUT2D eigenvalue weighted by Gasteiger charge is 2.32. The lowest BCUT2D eigenvalue weighted by atomic mass is 9.97. The van der Waals surface area contributed by atoms with Gasteiger partial charge in [0, 0.05) is 34.9 Å². The van der Waals surface area contributed by atoms with Crippen molar-refractivity contribution in [2.75, 3.05) is 6.54 Å². The Morgan fingerprint density at radius 2 is 2.12 bits per heavy atom. The molecule has 0 bridgehead atoms. The van der Waals surface area contributed by atoms with E-state index in [9.17, 15) is 4.79 Å². The van der Waals surface area contributed by atoms with E-state index >= 15 is 0 Å². The van der Waals surface area contributed by atoms with E-state index in [1.54, 1.807) is 30.3 Å². The third kappa shape index (κ3) is 5.05. The number of hydrogen-bond acceptors (Lipinski definition) is 6. The fraction of sp³-hybridized carbons (Fsp3) is 0.412. The van der Waals surface area contributed by atoms with Gasteiger partial charge in [-0.1, -0.05) is 11.6 Å².